The molecule has 1 amide bonds. The van der Waals surface area contributed by atoms with Crippen molar-refractivity contribution in [3.63, 3.8) is 0 Å². The molecule has 2 aromatic heterocycles. The van der Waals surface area contributed by atoms with Crippen molar-refractivity contribution in [1.29, 1.82) is 0 Å². The van der Waals surface area contributed by atoms with E-state index in [2.05, 4.69) is 102 Å². The van der Waals surface area contributed by atoms with Crippen LogP contribution >= 0.6 is 11.3 Å². The van der Waals surface area contributed by atoms with Gasteiger partial charge in [0.2, 0.25) is 0 Å². The Morgan fingerprint density at radius 1 is 0.953 bits per heavy atom. The SMILES string of the molecule is CC1(C)OB(c2ccc3c(c2)sc2cc(-c4ccc5nc([C@@]6(C(C)(C)C)CCCN6C(=O)O)[nH]c5c4)ccc23)OC1(C)C. The van der Waals surface area contributed by atoms with Gasteiger partial charge in [-0.15, -0.1) is 11.3 Å². The van der Waals surface area contributed by atoms with Gasteiger partial charge >= 0.3 is 13.2 Å². The van der Waals surface area contributed by atoms with Crippen molar-refractivity contribution in [3.05, 3.63) is 60.4 Å². The van der Waals surface area contributed by atoms with Gasteiger partial charge < -0.3 is 19.4 Å². The molecule has 0 saturated carbocycles. The van der Waals surface area contributed by atoms with Crippen molar-refractivity contribution < 1.29 is 19.2 Å². The second-order valence-electron chi connectivity index (χ2n) is 14.1. The predicted molar refractivity (Wildman–Crippen MR) is 175 cm³/mol. The maximum atomic E-state index is 12.3. The lowest BCUT2D eigenvalue weighted by atomic mass is 9.71. The Bertz CT molecular complexity index is 1900. The third-order valence-corrected chi connectivity index (χ3v) is 11.2. The summed E-state index contributed by atoms with van der Waals surface area (Å²) in [7, 11) is -0.384. The molecule has 4 heterocycles. The van der Waals surface area contributed by atoms with Crippen LogP contribution in [-0.4, -0.2) is 50.9 Å². The van der Waals surface area contributed by atoms with Gasteiger partial charge in [0.05, 0.1) is 22.2 Å². The van der Waals surface area contributed by atoms with E-state index in [1.54, 1.807) is 16.2 Å². The Labute approximate surface area is 256 Å². The monoisotopic (exact) mass is 595 g/mol. The fourth-order valence-corrected chi connectivity index (χ4v) is 8.14. The average molecular weight is 596 g/mol. The molecule has 0 unspecified atom stereocenters. The largest absolute Gasteiger partial charge is 0.494 e. The Balaban J connectivity index is 1.25. The minimum absolute atomic E-state index is 0.326. The van der Waals surface area contributed by atoms with Crippen LogP contribution in [0.5, 0.6) is 0 Å². The molecular weight excluding hydrogens is 557 g/mol. The molecule has 5 aromatic rings. The highest BCUT2D eigenvalue weighted by molar-refractivity contribution is 7.26. The topological polar surface area (TPSA) is 87.7 Å². The lowest BCUT2D eigenvalue weighted by Crippen LogP contribution is -2.53. The van der Waals surface area contributed by atoms with Crippen molar-refractivity contribution in [2.75, 3.05) is 6.54 Å². The molecule has 9 heteroatoms. The number of imidazole rings is 1. The van der Waals surface area contributed by atoms with Gasteiger partial charge in [-0.3, -0.25) is 4.90 Å². The molecule has 0 aliphatic carbocycles. The first-order valence-corrected chi connectivity index (χ1v) is 15.8. The smallest absolute Gasteiger partial charge is 0.465 e. The second-order valence-corrected chi connectivity index (χ2v) is 15.2. The molecule has 2 aliphatic heterocycles. The third-order valence-electron chi connectivity index (χ3n) is 10.1. The van der Waals surface area contributed by atoms with Crippen LogP contribution in [0.15, 0.2) is 54.6 Å². The summed E-state index contributed by atoms with van der Waals surface area (Å²) < 4.78 is 15.0. The van der Waals surface area contributed by atoms with Gasteiger partial charge in [-0.05, 0) is 86.8 Å². The van der Waals surface area contributed by atoms with Crippen LogP contribution in [0.1, 0.15) is 67.1 Å². The van der Waals surface area contributed by atoms with Crippen LogP contribution in [0.25, 0.3) is 42.3 Å². The summed E-state index contributed by atoms with van der Waals surface area (Å²) in [4.78, 5) is 22.4. The van der Waals surface area contributed by atoms with E-state index in [1.165, 1.54) is 20.2 Å². The first kappa shape index (κ1) is 28.4. The lowest BCUT2D eigenvalue weighted by Gasteiger charge is -2.45. The molecule has 0 bridgehead atoms. The quantitative estimate of drug-likeness (QED) is 0.207. The number of thiophene rings is 1. The average Bonchev–Trinajstić information content (AvgIpc) is 3.69. The number of rotatable bonds is 3. The zero-order valence-electron chi connectivity index (χ0n) is 25.9. The molecular formula is C34H38BN3O4S. The minimum Gasteiger partial charge on any atom is -0.465 e. The second kappa shape index (κ2) is 9.30. The number of aromatic nitrogens is 2. The number of nitrogens with one attached hydrogen (secondary N) is 1. The van der Waals surface area contributed by atoms with E-state index in [-0.39, 0.29) is 23.7 Å². The summed E-state index contributed by atoms with van der Waals surface area (Å²) in [5.41, 5.74) is 3.23. The number of amides is 1. The highest BCUT2D eigenvalue weighted by atomic mass is 32.1. The number of likely N-dealkylation sites (tertiary alicyclic amines) is 1. The van der Waals surface area contributed by atoms with Gasteiger partial charge in [-0.1, -0.05) is 51.1 Å². The van der Waals surface area contributed by atoms with Crippen molar-refractivity contribution in [2.45, 2.75) is 78.0 Å². The molecule has 3 aromatic carbocycles. The molecule has 1 atom stereocenters. The van der Waals surface area contributed by atoms with E-state index in [1.807, 2.05) is 6.07 Å². The van der Waals surface area contributed by atoms with E-state index in [9.17, 15) is 9.90 Å². The van der Waals surface area contributed by atoms with Crippen LogP contribution in [0, 0.1) is 5.41 Å². The van der Waals surface area contributed by atoms with Crippen LogP contribution < -0.4 is 5.46 Å². The first-order chi connectivity index (χ1) is 20.2. The summed E-state index contributed by atoms with van der Waals surface area (Å²) in [6.07, 6.45) is 0.668. The minimum atomic E-state index is -0.895. The van der Waals surface area contributed by atoms with Crippen molar-refractivity contribution >= 4 is 61.2 Å². The van der Waals surface area contributed by atoms with E-state index >= 15 is 0 Å². The molecule has 2 fully saturated rings. The summed E-state index contributed by atoms with van der Waals surface area (Å²) in [6.45, 7) is 15.1. The van der Waals surface area contributed by atoms with E-state index in [0.29, 0.717) is 6.54 Å². The summed E-state index contributed by atoms with van der Waals surface area (Å²) in [5, 5.41) is 12.5. The maximum absolute atomic E-state index is 12.3. The highest BCUT2D eigenvalue weighted by Crippen LogP contribution is 2.50. The number of H-pyrrole nitrogens is 1. The number of carbonyl (C=O) groups is 1. The van der Waals surface area contributed by atoms with Gasteiger partial charge in [0.1, 0.15) is 11.4 Å². The summed E-state index contributed by atoms with van der Waals surface area (Å²) in [6, 6.07) is 19.4. The summed E-state index contributed by atoms with van der Waals surface area (Å²) >= 11 is 1.78. The maximum Gasteiger partial charge on any atom is 0.494 e. The van der Waals surface area contributed by atoms with E-state index in [0.717, 1.165) is 46.3 Å². The number of aromatic amines is 1. The molecule has 2 N–H and O–H groups in total. The molecule has 43 heavy (non-hydrogen) atoms. The van der Waals surface area contributed by atoms with Gasteiger partial charge in [0.25, 0.3) is 0 Å². The van der Waals surface area contributed by atoms with E-state index < -0.39 is 11.6 Å². The molecule has 222 valence electrons. The normalized spacial score (nSPS) is 21.9. The van der Waals surface area contributed by atoms with Gasteiger partial charge in [0.15, 0.2) is 0 Å². The zero-order chi connectivity index (χ0) is 30.5. The molecule has 2 aliphatic rings. The number of hydrogen-bond acceptors (Lipinski definition) is 5. The molecule has 7 rings (SSSR count). The summed E-state index contributed by atoms with van der Waals surface area (Å²) in [5.74, 6) is 0.727. The molecule has 0 radical (unpaired) electrons. The Morgan fingerprint density at radius 3 is 2.26 bits per heavy atom. The number of nitrogens with zero attached hydrogens (tertiary/aromatic N) is 2. The molecule has 0 spiro atoms. The standard InChI is InChI=1S/C34H38BN3O4S/c1-31(2,3)34(15-8-16-38(34)30(39)40)29-36-25-14-10-20(17-26(25)37-29)21-9-12-23-24-13-11-22(19-28(24)43-27(23)18-21)35-41-32(4,5)33(6,7)42-35/h9-14,17-19H,8,15-16H2,1-7H3,(H,36,37)(H,39,40)/t34-/m1/s1. The molecule has 2 saturated heterocycles. The highest BCUT2D eigenvalue weighted by Gasteiger charge is 2.55. The first-order valence-electron chi connectivity index (χ1n) is 15.0. The van der Waals surface area contributed by atoms with Crippen LogP contribution in [0.2, 0.25) is 0 Å². The molecule has 7 nitrogen and oxygen atoms in total. The van der Waals surface area contributed by atoms with Crippen LogP contribution in [0.4, 0.5) is 4.79 Å². The number of fused-ring (bicyclic) bond motifs is 4. The van der Waals surface area contributed by atoms with Gasteiger partial charge in [0, 0.05) is 26.7 Å². The van der Waals surface area contributed by atoms with Crippen molar-refractivity contribution in [1.82, 2.24) is 14.9 Å². The van der Waals surface area contributed by atoms with Crippen LogP contribution in [0.3, 0.4) is 0 Å². The Morgan fingerprint density at radius 2 is 1.58 bits per heavy atom. The third kappa shape index (κ3) is 4.23. The number of benzene rings is 3. The van der Waals surface area contributed by atoms with Gasteiger partial charge in [-0.25, -0.2) is 9.78 Å². The van der Waals surface area contributed by atoms with E-state index in [4.69, 9.17) is 14.3 Å². The van der Waals surface area contributed by atoms with Crippen molar-refractivity contribution in [3.8, 4) is 11.1 Å². The Hall–Kier alpha value is -3.40. The van der Waals surface area contributed by atoms with Gasteiger partial charge in [-0.2, -0.15) is 0 Å². The fourth-order valence-electron chi connectivity index (χ4n) is 6.94. The predicted octanol–water partition coefficient (Wildman–Crippen LogP) is 7.91. The number of hydrogen-bond donors (Lipinski definition) is 2. The van der Waals surface area contributed by atoms with Crippen LogP contribution in [-0.2, 0) is 14.8 Å². The Kier molecular flexibility index (Phi) is 6.14. The number of carboxylic acid groups (broad SMARTS) is 1. The zero-order valence-corrected chi connectivity index (χ0v) is 26.7. The lowest BCUT2D eigenvalue weighted by molar-refractivity contribution is 0.00578. The van der Waals surface area contributed by atoms with Crippen molar-refractivity contribution in [2.24, 2.45) is 5.41 Å². The fraction of sp³-hybridized carbons (Fsp3) is 0.412.